The van der Waals surface area contributed by atoms with E-state index >= 15 is 0 Å². The Morgan fingerprint density at radius 2 is 1.65 bits per heavy atom. The topological polar surface area (TPSA) is 85.0 Å². The zero-order valence-electron chi connectivity index (χ0n) is 19.3. The number of imide groups is 1. The van der Waals surface area contributed by atoms with Crippen molar-refractivity contribution in [2.75, 3.05) is 44.7 Å². The maximum Gasteiger partial charge on any atom is 0.326 e. The standard InChI is InChI=1S/C25H30ClN5O3/c1-25(12-11-19-7-3-2-4-8-19)23(33)31(24(34)28-25)18-30-15-13-29(14-16-30)17-22(32)27-21-10-6-5-9-20(21)26/h2-10H,11-18H2,1H3,(H,27,32)(H,28,34)/t25-/m1/s1. The molecule has 8 nitrogen and oxygen atoms in total. The highest BCUT2D eigenvalue weighted by Crippen LogP contribution is 2.24. The minimum atomic E-state index is -0.897. The maximum atomic E-state index is 13.1. The number of piperazine rings is 1. The Labute approximate surface area is 204 Å². The predicted octanol–water partition coefficient (Wildman–Crippen LogP) is 2.80. The van der Waals surface area contributed by atoms with Crippen LogP contribution in [-0.2, 0) is 16.0 Å². The first-order chi connectivity index (χ1) is 16.3. The molecule has 1 atom stereocenters. The molecular weight excluding hydrogens is 454 g/mol. The summed E-state index contributed by atoms with van der Waals surface area (Å²) in [7, 11) is 0. The van der Waals surface area contributed by atoms with Crippen LogP contribution >= 0.6 is 11.6 Å². The Morgan fingerprint density at radius 1 is 1.00 bits per heavy atom. The van der Waals surface area contributed by atoms with Crippen LogP contribution in [0.5, 0.6) is 0 Å². The summed E-state index contributed by atoms with van der Waals surface area (Å²) in [5, 5.41) is 6.23. The minimum Gasteiger partial charge on any atom is -0.324 e. The summed E-state index contributed by atoms with van der Waals surface area (Å²) in [6, 6.07) is 16.7. The second kappa shape index (κ2) is 10.5. The second-order valence-corrected chi connectivity index (χ2v) is 9.45. The molecule has 0 aliphatic carbocycles. The first-order valence-corrected chi connectivity index (χ1v) is 11.9. The summed E-state index contributed by atoms with van der Waals surface area (Å²) < 4.78 is 0. The normalized spacial score (nSPS) is 21.5. The third kappa shape index (κ3) is 5.75. The Bertz CT molecular complexity index is 1040. The molecule has 0 saturated carbocycles. The summed E-state index contributed by atoms with van der Waals surface area (Å²) in [6.07, 6.45) is 1.26. The number of carbonyl (C=O) groups is 3. The van der Waals surface area contributed by atoms with Gasteiger partial charge >= 0.3 is 6.03 Å². The third-order valence-corrected chi connectivity index (χ3v) is 6.75. The van der Waals surface area contributed by atoms with E-state index in [-0.39, 0.29) is 31.1 Å². The van der Waals surface area contributed by atoms with Gasteiger partial charge in [-0.3, -0.25) is 19.4 Å². The summed E-state index contributed by atoms with van der Waals surface area (Å²) >= 11 is 6.11. The van der Waals surface area contributed by atoms with E-state index in [1.165, 1.54) is 4.90 Å². The lowest BCUT2D eigenvalue weighted by Gasteiger charge is -2.35. The van der Waals surface area contributed by atoms with Crippen molar-refractivity contribution in [3.05, 3.63) is 65.2 Å². The molecule has 180 valence electrons. The number of nitrogens with zero attached hydrogens (tertiary/aromatic N) is 3. The van der Waals surface area contributed by atoms with Crippen LogP contribution in [0.3, 0.4) is 0 Å². The largest absolute Gasteiger partial charge is 0.326 e. The van der Waals surface area contributed by atoms with Gasteiger partial charge in [-0.2, -0.15) is 0 Å². The van der Waals surface area contributed by atoms with Gasteiger partial charge in [-0.15, -0.1) is 0 Å². The number of carbonyl (C=O) groups excluding carboxylic acids is 3. The monoisotopic (exact) mass is 483 g/mol. The molecule has 2 N–H and O–H groups in total. The fourth-order valence-corrected chi connectivity index (χ4v) is 4.51. The number of halogens is 1. The third-order valence-electron chi connectivity index (χ3n) is 6.42. The van der Waals surface area contributed by atoms with E-state index in [0.29, 0.717) is 49.7 Å². The highest BCUT2D eigenvalue weighted by Gasteiger charge is 2.47. The van der Waals surface area contributed by atoms with Crippen LogP contribution in [-0.4, -0.2) is 77.5 Å². The highest BCUT2D eigenvalue weighted by molar-refractivity contribution is 6.33. The van der Waals surface area contributed by atoms with Gasteiger partial charge in [-0.1, -0.05) is 54.1 Å². The van der Waals surface area contributed by atoms with Crippen LogP contribution in [0.25, 0.3) is 0 Å². The molecule has 0 unspecified atom stereocenters. The first kappa shape index (κ1) is 24.2. The molecule has 4 amide bonds. The van der Waals surface area contributed by atoms with E-state index in [1.54, 1.807) is 19.1 Å². The average molecular weight is 484 g/mol. The van der Waals surface area contributed by atoms with Crippen molar-refractivity contribution in [3.8, 4) is 0 Å². The van der Waals surface area contributed by atoms with Gasteiger partial charge in [0.15, 0.2) is 0 Å². The van der Waals surface area contributed by atoms with Crippen LogP contribution in [0.1, 0.15) is 18.9 Å². The fraction of sp³-hybridized carbons (Fsp3) is 0.400. The Morgan fingerprint density at radius 3 is 2.35 bits per heavy atom. The van der Waals surface area contributed by atoms with Crippen molar-refractivity contribution >= 4 is 35.1 Å². The lowest BCUT2D eigenvalue weighted by molar-refractivity contribution is -0.132. The van der Waals surface area contributed by atoms with E-state index in [0.717, 1.165) is 5.56 Å². The zero-order chi connectivity index (χ0) is 24.1. The number of hydrogen-bond donors (Lipinski definition) is 2. The Hall–Kier alpha value is -2.94. The minimum absolute atomic E-state index is 0.121. The van der Waals surface area contributed by atoms with Gasteiger partial charge in [0.05, 0.1) is 23.9 Å². The quantitative estimate of drug-likeness (QED) is 0.564. The molecule has 4 rings (SSSR count). The molecule has 2 fully saturated rings. The number of urea groups is 1. The van der Waals surface area contributed by atoms with Crippen molar-refractivity contribution in [2.24, 2.45) is 0 Å². The van der Waals surface area contributed by atoms with E-state index in [4.69, 9.17) is 11.6 Å². The molecule has 0 bridgehead atoms. The van der Waals surface area contributed by atoms with Gasteiger partial charge in [0.2, 0.25) is 5.91 Å². The van der Waals surface area contributed by atoms with Crippen molar-refractivity contribution < 1.29 is 14.4 Å². The molecule has 34 heavy (non-hydrogen) atoms. The van der Waals surface area contributed by atoms with Gasteiger partial charge < -0.3 is 10.6 Å². The van der Waals surface area contributed by atoms with E-state index in [9.17, 15) is 14.4 Å². The smallest absolute Gasteiger partial charge is 0.324 e. The van der Waals surface area contributed by atoms with E-state index < -0.39 is 5.54 Å². The number of amides is 4. The molecule has 0 aromatic heterocycles. The van der Waals surface area contributed by atoms with Crippen LogP contribution in [0.4, 0.5) is 10.5 Å². The van der Waals surface area contributed by atoms with Gasteiger partial charge in [0, 0.05) is 26.2 Å². The average Bonchev–Trinajstić information content (AvgIpc) is 3.04. The van der Waals surface area contributed by atoms with Gasteiger partial charge in [-0.05, 0) is 37.5 Å². The molecule has 2 heterocycles. The number of hydrogen-bond acceptors (Lipinski definition) is 5. The zero-order valence-corrected chi connectivity index (χ0v) is 20.1. The summed E-state index contributed by atoms with van der Waals surface area (Å²) in [5.74, 6) is -0.306. The lowest BCUT2D eigenvalue weighted by Crippen LogP contribution is -2.52. The van der Waals surface area contributed by atoms with Crippen molar-refractivity contribution in [1.29, 1.82) is 0 Å². The van der Waals surface area contributed by atoms with Crippen LogP contribution in [0, 0.1) is 0 Å². The molecule has 2 aromatic carbocycles. The van der Waals surface area contributed by atoms with Gasteiger partial charge in [-0.25, -0.2) is 9.69 Å². The maximum absolute atomic E-state index is 13.1. The molecule has 2 saturated heterocycles. The highest BCUT2D eigenvalue weighted by atomic mass is 35.5. The van der Waals surface area contributed by atoms with Gasteiger partial charge in [0.1, 0.15) is 5.54 Å². The van der Waals surface area contributed by atoms with Crippen LogP contribution < -0.4 is 10.6 Å². The van der Waals surface area contributed by atoms with Crippen molar-refractivity contribution in [3.63, 3.8) is 0 Å². The fourth-order valence-electron chi connectivity index (χ4n) is 4.33. The second-order valence-electron chi connectivity index (χ2n) is 9.04. The molecule has 0 radical (unpaired) electrons. The Kier molecular flexibility index (Phi) is 7.50. The van der Waals surface area contributed by atoms with E-state index in [2.05, 4.69) is 20.4 Å². The summed E-state index contributed by atoms with van der Waals surface area (Å²) in [4.78, 5) is 43.5. The van der Waals surface area contributed by atoms with Crippen molar-refractivity contribution in [2.45, 2.75) is 25.3 Å². The molecule has 9 heteroatoms. The van der Waals surface area contributed by atoms with Crippen LogP contribution in [0.15, 0.2) is 54.6 Å². The lowest BCUT2D eigenvalue weighted by atomic mass is 9.93. The van der Waals surface area contributed by atoms with Crippen LogP contribution in [0.2, 0.25) is 5.02 Å². The number of aryl methyl sites for hydroxylation is 1. The number of nitrogens with one attached hydrogen (secondary N) is 2. The predicted molar refractivity (Wildman–Crippen MR) is 132 cm³/mol. The Balaban J connectivity index is 1.24. The summed E-state index contributed by atoms with van der Waals surface area (Å²) in [6.45, 7) is 4.99. The molecule has 0 spiro atoms. The van der Waals surface area contributed by atoms with Gasteiger partial charge in [0.25, 0.3) is 5.91 Å². The molecule has 2 aliphatic rings. The SMILES string of the molecule is C[C@]1(CCc2ccccc2)NC(=O)N(CN2CCN(CC(=O)Nc3ccccc3Cl)CC2)C1=O. The molecular formula is C25H30ClN5O3. The number of rotatable bonds is 8. The number of para-hydroxylation sites is 1. The summed E-state index contributed by atoms with van der Waals surface area (Å²) in [5.41, 5.74) is 0.839. The first-order valence-electron chi connectivity index (χ1n) is 11.5. The number of anilines is 1. The molecule has 2 aromatic rings. The number of benzene rings is 2. The van der Waals surface area contributed by atoms with Crippen molar-refractivity contribution in [1.82, 2.24) is 20.0 Å². The molecule has 2 aliphatic heterocycles. The van der Waals surface area contributed by atoms with E-state index in [1.807, 2.05) is 42.5 Å².